The first-order valence-electron chi connectivity index (χ1n) is 5.82. The van der Waals surface area contributed by atoms with Crippen molar-refractivity contribution >= 4 is 10.0 Å². The Kier molecular flexibility index (Phi) is 3.97. The fourth-order valence-electron chi connectivity index (χ4n) is 1.77. The minimum absolute atomic E-state index is 0.335. The molecule has 0 spiro atoms. The molecule has 0 fully saturated rings. The normalized spacial score (nSPS) is 13.2. The van der Waals surface area contributed by atoms with E-state index in [1.165, 1.54) is 18.2 Å². The minimum atomic E-state index is -3.86. The molecule has 19 heavy (non-hydrogen) atoms. The van der Waals surface area contributed by atoms with Crippen LogP contribution in [0, 0.1) is 5.82 Å². The van der Waals surface area contributed by atoms with E-state index in [0.29, 0.717) is 0 Å². The first-order valence-corrected chi connectivity index (χ1v) is 7.31. The van der Waals surface area contributed by atoms with Crippen LogP contribution in [0.2, 0.25) is 0 Å². The third kappa shape index (κ3) is 3.19. The highest BCUT2D eigenvalue weighted by atomic mass is 32.2. The third-order valence-corrected chi connectivity index (χ3v) is 4.33. The van der Waals surface area contributed by atoms with Gasteiger partial charge in [0, 0.05) is 6.04 Å². The lowest BCUT2D eigenvalue weighted by Crippen LogP contribution is -2.27. The summed E-state index contributed by atoms with van der Waals surface area (Å²) in [5.41, 5.74) is 0.822. The Balaban J connectivity index is 2.26. The fourth-order valence-corrected chi connectivity index (χ4v) is 3.08. The fraction of sp³-hybridized carbons (Fsp3) is 0.143. The summed E-state index contributed by atoms with van der Waals surface area (Å²) in [5.74, 6) is -0.754. The predicted octanol–water partition coefficient (Wildman–Crippen LogP) is 2.87. The van der Waals surface area contributed by atoms with E-state index < -0.39 is 21.9 Å². The second kappa shape index (κ2) is 5.50. The van der Waals surface area contributed by atoms with E-state index in [1.54, 1.807) is 6.92 Å². The molecule has 2 aromatic rings. The van der Waals surface area contributed by atoms with Crippen molar-refractivity contribution < 1.29 is 12.8 Å². The number of benzene rings is 2. The molecule has 0 heterocycles. The molecule has 0 aliphatic rings. The predicted molar refractivity (Wildman–Crippen MR) is 71.6 cm³/mol. The zero-order chi connectivity index (χ0) is 13.9. The molecule has 0 saturated carbocycles. The zero-order valence-corrected chi connectivity index (χ0v) is 11.2. The van der Waals surface area contributed by atoms with E-state index in [2.05, 4.69) is 4.72 Å². The monoisotopic (exact) mass is 279 g/mol. The van der Waals surface area contributed by atoms with Crippen LogP contribution in [-0.4, -0.2) is 8.42 Å². The van der Waals surface area contributed by atoms with Crippen LogP contribution in [0.5, 0.6) is 0 Å². The van der Waals surface area contributed by atoms with E-state index >= 15 is 0 Å². The van der Waals surface area contributed by atoms with E-state index in [1.807, 2.05) is 30.3 Å². The van der Waals surface area contributed by atoms with Gasteiger partial charge < -0.3 is 0 Å². The number of hydrogen-bond acceptors (Lipinski definition) is 2. The number of rotatable bonds is 4. The molecule has 0 radical (unpaired) electrons. The Hall–Kier alpha value is -1.72. The SMILES string of the molecule is C[C@H](NS(=O)(=O)c1ccccc1F)c1ccccc1. The summed E-state index contributed by atoms with van der Waals surface area (Å²) in [4.78, 5) is -0.335. The zero-order valence-electron chi connectivity index (χ0n) is 10.4. The molecule has 0 unspecified atom stereocenters. The molecule has 100 valence electrons. The number of hydrogen-bond donors (Lipinski definition) is 1. The highest BCUT2D eigenvalue weighted by Crippen LogP contribution is 2.18. The van der Waals surface area contributed by atoms with Crippen molar-refractivity contribution in [3.8, 4) is 0 Å². The average molecular weight is 279 g/mol. The van der Waals surface area contributed by atoms with Crippen LogP contribution in [0.15, 0.2) is 59.5 Å². The molecule has 3 nitrogen and oxygen atoms in total. The largest absolute Gasteiger partial charge is 0.244 e. The first kappa shape index (κ1) is 13.7. The molecule has 0 aromatic heterocycles. The molecular formula is C14H14FNO2S. The molecule has 2 aromatic carbocycles. The van der Waals surface area contributed by atoms with Gasteiger partial charge in [0.05, 0.1) is 0 Å². The Bertz CT molecular complexity index is 656. The van der Waals surface area contributed by atoms with Gasteiger partial charge in [-0.25, -0.2) is 17.5 Å². The Morgan fingerprint density at radius 3 is 2.21 bits per heavy atom. The van der Waals surface area contributed by atoms with E-state index in [-0.39, 0.29) is 4.90 Å². The lowest BCUT2D eigenvalue weighted by Gasteiger charge is -2.14. The van der Waals surface area contributed by atoms with Crippen LogP contribution >= 0.6 is 0 Å². The van der Waals surface area contributed by atoms with Gasteiger partial charge >= 0.3 is 0 Å². The topological polar surface area (TPSA) is 46.2 Å². The van der Waals surface area contributed by atoms with Gasteiger partial charge in [-0.2, -0.15) is 0 Å². The highest BCUT2D eigenvalue weighted by molar-refractivity contribution is 7.89. The van der Waals surface area contributed by atoms with Gasteiger partial charge in [0.15, 0.2) is 0 Å². The second-order valence-corrected chi connectivity index (χ2v) is 5.87. The summed E-state index contributed by atoms with van der Waals surface area (Å²) in [6.45, 7) is 1.72. The summed E-state index contributed by atoms with van der Waals surface area (Å²) < 4.78 is 40.2. The van der Waals surface area contributed by atoms with E-state index in [9.17, 15) is 12.8 Å². The average Bonchev–Trinajstić information content (AvgIpc) is 2.39. The molecule has 0 saturated heterocycles. The molecule has 0 bridgehead atoms. The van der Waals surface area contributed by atoms with Crippen molar-refractivity contribution in [2.75, 3.05) is 0 Å². The van der Waals surface area contributed by atoms with Crippen LogP contribution in [0.3, 0.4) is 0 Å². The van der Waals surface area contributed by atoms with Gasteiger partial charge in [-0.3, -0.25) is 0 Å². The van der Waals surface area contributed by atoms with E-state index in [0.717, 1.165) is 11.6 Å². The molecule has 0 amide bonds. The molecule has 2 rings (SSSR count). The summed E-state index contributed by atoms with van der Waals surface area (Å²) in [6.07, 6.45) is 0. The summed E-state index contributed by atoms with van der Waals surface area (Å²) in [5, 5.41) is 0. The van der Waals surface area contributed by atoms with Gasteiger partial charge in [0.25, 0.3) is 0 Å². The van der Waals surface area contributed by atoms with Crippen molar-refractivity contribution in [2.24, 2.45) is 0 Å². The minimum Gasteiger partial charge on any atom is -0.207 e. The lowest BCUT2D eigenvalue weighted by molar-refractivity contribution is 0.547. The summed E-state index contributed by atoms with van der Waals surface area (Å²) in [6, 6.07) is 14.0. The van der Waals surface area contributed by atoms with Crippen LogP contribution in [-0.2, 0) is 10.0 Å². The van der Waals surface area contributed by atoms with Crippen LogP contribution < -0.4 is 4.72 Å². The Labute approximate surface area is 112 Å². The van der Waals surface area contributed by atoms with Gasteiger partial charge in [-0.05, 0) is 24.6 Å². The molecule has 0 aliphatic carbocycles. The van der Waals surface area contributed by atoms with Crippen molar-refractivity contribution in [2.45, 2.75) is 17.9 Å². The standard InChI is InChI=1S/C14H14FNO2S/c1-11(12-7-3-2-4-8-12)16-19(17,18)14-10-6-5-9-13(14)15/h2-11,16H,1H3/t11-/m0/s1. The van der Waals surface area contributed by atoms with Crippen molar-refractivity contribution in [1.82, 2.24) is 4.72 Å². The number of halogens is 1. The third-order valence-electron chi connectivity index (χ3n) is 2.76. The van der Waals surface area contributed by atoms with Crippen LogP contribution in [0.1, 0.15) is 18.5 Å². The van der Waals surface area contributed by atoms with Gasteiger partial charge in [0.2, 0.25) is 10.0 Å². The van der Waals surface area contributed by atoms with Crippen molar-refractivity contribution in [3.63, 3.8) is 0 Å². The molecule has 1 N–H and O–H groups in total. The molecule has 0 aliphatic heterocycles. The maximum absolute atomic E-state index is 13.5. The van der Waals surface area contributed by atoms with Crippen LogP contribution in [0.25, 0.3) is 0 Å². The second-order valence-electron chi connectivity index (χ2n) is 4.18. The maximum atomic E-state index is 13.5. The molecule has 5 heteroatoms. The number of nitrogens with one attached hydrogen (secondary N) is 1. The van der Waals surface area contributed by atoms with Crippen molar-refractivity contribution in [1.29, 1.82) is 0 Å². The maximum Gasteiger partial charge on any atom is 0.244 e. The molecule has 1 atom stereocenters. The Morgan fingerprint density at radius 2 is 1.58 bits per heavy atom. The number of sulfonamides is 1. The lowest BCUT2D eigenvalue weighted by atomic mass is 10.1. The van der Waals surface area contributed by atoms with Gasteiger partial charge in [-0.1, -0.05) is 42.5 Å². The molecular weight excluding hydrogens is 265 g/mol. The summed E-state index contributed by atoms with van der Waals surface area (Å²) >= 11 is 0. The highest BCUT2D eigenvalue weighted by Gasteiger charge is 2.21. The smallest absolute Gasteiger partial charge is 0.207 e. The Morgan fingerprint density at radius 1 is 1.00 bits per heavy atom. The first-order chi connectivity index (χ1) is 9.00. The van der Waals surface area contributed by atoms with Gasteiger partial charge in [0.1, 0.15) is 10.7 Å². The van der Waals surface area contributed by atoms with Crippen LogP contribution in [0.4, 0.5) is 4.39 Å². The summed E-state index contributed by atoms with van der Waals surface area (Å²) in [7, 11) is -3.86. The van der Waals surface area contributed by atoms with E-state index in [4.69, 9.17) is 0 Å². The van der Waals surface area contributed by atoms with Gasteiger partial charge in [-0.15, -0.1) is 0 Å². The quantitative estimate of drug-likeness (QED) is 0.935. The van der Waals surface area contributed by atoms with Crippen molar-refractivity contribution in [3.05, 3.63) is 66.0 Å².